The summed E-state index contributed by atoms with van der Waals surface area (Å²) in [5, 5.41) is 8.70. The highest BCUT2D eigenvalue weighted by Gasteiger charge is 2.32. The Morgan fingerprint density at radius 1 is 0.591 bits per heavy atom. The number of hydrogen-bond donors (Lipinski definition) is 1. The van der Waals surface area contributed by atoms with E-state index in [2.05, 4.69) is 6.92 Å². The zero-order valence-electron chi connectivity index (χ0n) is 15.0. The first kappa shape index (κ1) is 20.0. The summed E-state index contributed by atoms with van der Waals surface area (Å²) in [6.07, 6.45) is 23.0. The van der Waals surface area contributed by atoms with Crippen molar-refractivity contribution in [3.63, 3.8) is 0 Å². The second-order valence-electron chi connectivity index (χ2n) is 7.20. The van der Waals surface area contributed by atoms with E-state index in [9.17, 15) is 0 Å². The Morgan fingerprint density at radius 2 is 0.909 bits per heavy atom. The van der Waals surface area contributed by atoms with Crippen molar-refractivity contribution >= 4 is 0 Å². The molecule has 2 heteroatoms. The van der Waals surface area contributed by atoms with Crippen LogP contribution in [0.5, 0.6) is 0 Å². The number of aliphatic hydroxyl groups excluding tert-OH is 1. The molecule has 1 N–H and O–H groups in total. The predicted molar refractivity (Wildman–Crippen MR) is 95.3 cm³/mol. The first-order chi connectivity index (χ1) is 10.8. The summed E-state index contributed by atoms with van der Waals surface area (Å²) in [6.45, 7) is 2.55. The van der Waals surface area contributed by atoms with Crippen LogP contribution in [0.15, 0.2) is 0 Å². The highest BCUT2D eigenvalue weighted by atomic mass is 16.6. The molecule has 0 amide bonds. The minimum absolute atomic E-state index is 0.369. The molecule has 0 aliphatic carbocycles. The standard InChI is InChI=1S/C20H40O2/c1-19-20(22-19)17-15-13-11-9-7-5-3-2-4-6-8-10-12-14-16-18-21/h19-21H,2-18H2,1H3. The Hall–Kier alpha value is -0.0800. The van der Waals surface area contributed by atoms with Crippen molar-refractivity contribution in [3.05, 3.63) is 0 Å². The molecule has 0 aromatic heterocycles. The summed E-state index contributed by atoms with van der Waals surface area (Å²) in [5.74, 6) is 0. The summed E-state index contributed by atoms with van der Waals surface area (Å²) < 4.78 is 5.43. The van der Waals surface area contributed by atoms with Crippen LogP contribution in [0.3, 0.4) is 0 Å². The van der Waals surface area contributed by atoms with E-state index in [1.54, 1.807) is 0 Å². The number of ether oxygens (including phenoxy) is 1. The topological polar surface area (TPSA) is 32.8 Å². The lowest BCUT2D eigenvalue weighted by atomic mass is 10.0. The van der Waals surface area contributed by atoms with E-state index in [-0.39, 0.29) is 0 Å². The molecule has 1 fully saturated rings. The van der Waals surface area contributed by atoms with Crippen LogP contribution in [-0.2, 0) is 4.74 Å². The van der Waals surface area contributed by atoms with Crippen LogP contribution >= 0.6 is 0 Å². The minimum Gasteiger partial charge on any atom is -0.396 e. The number of unbranched alkanes of at least 4 members (excludes halogenated alkanes) is 14. The van der Waals surface area contributed by atoms with Gasteiger partial charge in [0.1, 0.15) is 0 Å². The Balaban J connectivity index is 1.61. The third-order valence-electron chi connectivity index (χ3n) is 4.98. The first-order valence-corrected chi connectivity index (χ1v) is 10.1. The molecule has 2 atom stereocenters. The lowest BCUT2D eigenvalue weighted by Crippen LogP contribution is -1.89. The molecule has 1 aliphatic heterocycles. The number of epoxide rings is 1. The van der Waals surface area contributed by atoms with E-state index >= 15 is 0 Å². The summed E-state index contributed by atoms with van der Waals surface area (Å²) in [6, 6.07) is 0. The van der Waals surface area contributed by atoms with Gasteiger partial charge < -0.3 is 9.84 Å². The third kappa shape index (κ3) is 12.5. The van der Waals surface area contributed by atoms with Gasteiger partial charge in [0.05, 0.1) is 12.2 Å². The van der Waals surface area contributed by atoms with Crippen LogP contribution < -0.4 is 0 Å². The van der Waals surface area contributed by atoms with E-state index in [1.807, 2.05) is 0 Å². The zero-order chi connectivity index (χ0) is 15.9. The van der Waals surface area contributed by atoms with Crippen LogP contribution in [0.25, 0.3) is 0 Å². The third-order valence-corrected chi connectivity index (χ3v) is 4.98. The van der Waals surface area contributed by atoms with Gasteiger partial charge in [-0.25, -0.2) is 0 Å². The van der Waals surface area contributed by atoms with E-state index in [4.69, 9.17) is 9.84 Å². The lowest BCUT2D eigenvalue weighted by Gasteiger charge is -2.03. The molecule has 0 aromatic rings. The van der Waals surface area contributed by atoms with Gasteiger partial charge in [-0.1, -0.05) is 89.9 Å². The second-order valence-corrected chi connectivity index (χ2v) is 7.20. The van der Waals surface area contributed by atoms with Crippen molar-refractivity contribution in [1.82, 2.24) is 0 Å². The lowest BCUT2D eigenvalue weighted by molar-refractivity contribution is 0.282. The average Bonchev–Trinajstić information content (AvgIpc) is 3.22. The molecule has 1 saturated heterocycles. The SMILES string of the molecule is CC1OC1CCCCCCCCCCCCCCCCCO. The largest absolute Gasteiger partial charge is 0.396 e. The predicted octanol–water partition coefficient (Wildman–Crippen LogP) is 6.01. The summed E-state index contributed by atoms with van der Waals surface area (Å²) in [4.78, 5) is 0. The number of rotatable bonds is 17. The Labute approximate surface area is 139 Å². The van der Waals surface area contributed by atoms with Crippen LogP contribution in [0.2, 0.25) is 0 Å². The Bertz CT molecular complexity index is 230. The zero-order valence-corrected chi connectivity index (χ0v) is 15.0. The number of hydrogen-bond acceptors (Lipinski definition) is 2. The highest BCUT2D eigenvalue weighted by molar-refractivity contribution is 4.79. The summed E-state index contributed by atoms with van der Waals surface area (Å²) in [5.41, 5.74) is 0. The number of aliphatic hydroxyl groups is 1. The van der Waals surface area contributed by atoms with Gasteiger partial charge in [-0.3, -0.25) is 0 Å². The molecule has 132 valence electrons. The maximum Gasteiger partial charge on any atom is 0.0839 e. The van der Waals surface area contributed by atoms with Gasteiger partial charge in [0, 0.05) is 6.61 Å². The van der Waals surface area contributed by atoms with Crippen molar-refractivity contribution in [1.29, 1.82) is 0 Å². The van der Waals surface area contributed by atoms with Crippen molar-refractivity contribution in [2.24, 2.45) is 0 Å². The average molecular weight is 313 g/mol. The molecule has 2 unspecified atom stereocenters. The van der Waals surface area contributed by atoms with E-state index in [0.29, 0.717) is 18.8 Å². The fraction of sp³-hybridized carbons (Fsp3) is 1.00. The first-order valence-electron chi connectivity index (χ1n) is 10.1. The molecule has 0 spiro atoms. The summed E-state index contributed by atoms with van der Waals surface area (Å²) >= 11 is 0. The molecule has 1 aliphatic rings. The maximum atomic E-state index is 8.70. The minimum atomic E-state index is 0.369. The van der Waals surface area contributed by atoms with Crippen molar-refractivity contribution in [3.8, 4) is 0 Å². The second kappa shape index (κ2) is 14.5. The van der Waals surface area contributed by atoms with E-state index in [1.165, 1.54) is 96.3 Å². The Morgan fingerprint density at radius 3 is 1.23 bits per heavy atom. The van der Waals surface area contributed by atoms with Crippen molar-refractivity contribution in [2.45, 2.75) is 122 Å². The molecular weight excluding hydrogens is 272 g/mol. The molecule has 1 heterocycles. The van der Waals surface area contributed by atoms with E-state index < -0.39 is 0 Å². The molecule has 0 bridgehead atoms. The van der Waals surface area contributed by atoms with Crippen LogP contribution in [-0.4, -0.2) is 23.9 Å². The fourth-order valence-electron chi connectivity index (χ4n) is 3.29. The highest BCUT2D eigenvalue weighted by Crippen LogP contribution is 2.26. The summed E-state index contributed by atoms with van der Waals surface area (Å²) in [7, 11) is 0. The van der Waals surface area contributed by atoms with Crippen LogP contribution in [0.4, 0.5) is 0 Å². The van der Waals surface area contributed by atoms with Gasteiger partial charge in [-0.05, 0) is 19.8 Å². The smallest absolute Gasteiger partial charge is 0.0839 e. The monoisotopic (exact) mass is 312 g/mol. The molecule has 22 heavy (non-hydrogen) atoms. The van der Waals surface area contributed by atoms with Gasteiger partial charge in [0.15, 0.2) is 0 Å². The normalized spacial score (nSPS) is 20.5. The van der Waals surface area contributed by atoms with E-state index in [0.717, 1.165) is 6.42 Å². The fourth-order valence-corrected chi connectivity index (χ4v) is 3.29. The molecule has 0 radical (unpaired) electrons. The molecular formula is C20H40O2. The van der Waals surface area contributed by atoms with Gasteiger partial charge in [0.25, 0.3) is 0 Å². The Kier molecular flexibility index (Phi) is 13.2. The van der Waals surface area contributed by atoms with Crippen molar-refractivity contribution < 1.29 is 9.84 Å². The van der Waals surface area contributed by atoms with Crippen LogP contribution in [0, 0.1) is 0 Å². The van der Waals surface area contributed by atoms with Crippen molar-refractivity contribution in [2.75, 3.05) is 6.61 Å². The molecule has 1 rings (SSSR count). The molecule has 0 aromatic carbocycles. The maximum absolute atomic E-state index is 8.70. The van der Waals surface area contributed by atoms with Gasteiger partial charge >= 0.3 is 0 Å². The molecule has 2 nitrogen and oxygen atoms in total. The quantitative estimate of drug-likeness (QED) is 0.263. The van der Waals surface area contributed by atoms with Crippen LogP contribution in [0.1, 0.15) is 110 Å². The van der Waals surface area contributed by atoms with Gasteiger partial charge in [0.2, 0.25) is 0 Å². The molecule has 0 saturated carbocycles. The van der Waals surface area contributed by atoms with Gasteiger partial charge in [-0.2, -0.15) is 0 Å². The van der Waals surface area contributed by atoms with Gasteiger partial charge in [-0.15, -0.1) is 0 Å².